The van der Waals surface area contributed by atoms with E-state index in [0.717, 1.165) is 0 Å². The van der Waals surface area contributed by atoms with Crippen molar-refractivity contribution in [3.05, 3.63) is 29.8 Å². The van der Waals surface area contributed by atoms with E-state index in [0.29, 0.717) is 0 Å². The van der Waals surface area contributed by atoms with Crippen molar-refractivity contribution < 1.29 is 34.3 Å². The molecule has 1 aromatic carbocycles. The van der Waals surface area contributed by atoms with Gasteiger partial charge in [-0.05, 0) is 12.1 Å². The zero-order chi connectivity index (χ0) is 7.56. The molecule has 0 unspecified atom stereocenters. The molecule has 0 fully saturated rings. The van der Waals surface area contributed by atoms with Gasteiger partial charge in [-0.2, -0.15) is 0 Å². The Morgan fingerprint density at radius 1 is 1.14 bits per heavy atom. The Kier molecular flexibility index (Phi) is 16.9. The number of para-hydroxylation sites is 1. The van der Waals surface area contributed by atoms with Crippen LogP contribution >= 0.6 is 0 Å². The van der Waals surface area contributed by atoms with E-state index in [2.05, 4.69) is 0 Å². The summed E-state index contributed by atoms with van der Waals surface area (Å²) in [5.74, 6) is -1.31. The van der Waals surface area contributed by atoms with Gasteiger partial charge >= 0.3 is 29.0 Å². The van der Waals surface area contributed by atoms with E-state index in [1.54, 1.807) is 12.1 Å². The van der Waals surface area contributed by atoms with Crippen LogP contribution in [-0.4, -0.2) is 55.7 Å². The summed E-state index contributed by atoms with van der Waals surface area (Å²) < 4.78 is 0. The summed E-state index contributed by atoms with van der Waals surface area (Å²) in [6, 6.07) is 5.81. The van der Waals surface area contributed by atoms with Crippen molar-refractivity contribution in [1.82, 2.24) is 0 Å². The minimum atomic E-state index is -1.11. The van der Waals surface area contributed by atoms with E-state index < -0.39 is 5.97 Å². The maximum Gasteiger partial charge on any atom is 2.00 e. The van der Waals surface area contributed by atoms with Gasteiger partial charge in [0.2, 0.25) is 0 Å². The normalized spacial score (nSPS) is 6.57. The zero-order valence-corrected chi connectivity index (χ0v) is 8.73. The van der Waals surface area contributed by atoms with Crippen LogP contribution in [0.3, 0.4) is 0 Å². The predicted octanol–water partition coefficient (Wildman–Crippen LogP) is -1.54. The van der Waals surface area contributed by atoms with Crippen molar-refractivity contribution in [2.24, 2.45) is 0 Å². The van der Waals surface area contributed by atoms with E-state index in [4.69, 9.17) is 10.2 Å². The van der Waals surface area contributed by atoms with Crippen LogP contribution in [0, 0.1) is 0 Å². The fraction of sp³-hybridized carbons (Fsp3) is 0. The number of hydrogen-bond donors (Lipinski definition) is 2. The first-order valence-electron chi connectivity index (χ1n) is 2.73. The molecule has 6 nitrogen and oxygen atoms in total. The SMILES string of the molecule is O.O.O.O=C(O)c1ccccc1O.[H-].[H-].[Mg+2]. The van der Waals surface area contributed by atoms with Crippen molar-refractivity contribution >= 4 is 29.0 Å². The van der Waals surface area contributed by atoms with Crippen LogP contribution in [0.5, 0.6) is 5.75 Å². The number of phenols is 1. The summed E-state index contributed by atoms with van der Waals surface area (Å²) >= 11 is 0. The number of benzene rings is 1. The van der Waals surface area contributed by atoms with Crippen molar-refractivity contribution in [2.75, 3.05) is 0 Å². The second-order valence-corrected chi connectivity index (χ2v) is 1.82. The van der Waals surface area contributed by atoms with E-state index >= 15 is 0 Å². The van der Waals surface area contributed by atoms with Gasteiger partial charge in [-0.1, -0.05) is 12.1 Å². The van der Waals surface area contributed by atoms with E-state index in [9.17, 15) is 4.79 Å². The number of rotatable bonds is 1. The summed E-state index contributed by atoms with van der Waals surface area (Å²) in [7, 11) is 0. The maximum atomic E-state index is 10.3. The quantitative estimate of drug-likeness (QED) is 0.549. The molecule has 0 heterocycles. The average Bonchev–Trinajstić information content (AvgIpc) is 1.88. The minimum Gasteiger partial charge on any atom is -1.00 e. The third-order valence-corrected chi connectivity index (χ3v) is 1.13. The Morgan fingerprint density at radius 3 is 1.86 bits per heavy atom. The first-order valence-corrected chi connectivity index (χ1v) is 2.73. The van der Waals surface area contributed by atoms with Gasteiger partial charge in [0.05, 0.1) is 0 Å². The van der Waals surface area contributed by atoms with Gasteiger partial charge in [0.15, 0.2) is 0 Å². The van der Waals surface area contributed by atoms with Crippen LogP contribution < -0.4 is 0 Å². The molecule has 0 spiro atoms. The molecular weight excluding hydrogens is 204 g/mol. The fourth-order valence-corrected chi connectivity index (χ4v) is 0.654. The van der Waals surface area contributed by atoms with Gasteiger partial charge < -0.3 is 29.5 Å². The Labute approximate surface area is 99.2 Å². The summed E-state index contributed by atoms with van der Waals surface area (Å²) in [6.07, 6.45) is 0. The number of aromatic hydroxyl groups is 1. The third-order valence-electron chi connectivity index (χ3n) is 1.13. The fourth-order valence-electron chi connectivity index (χ4n) is 0.654. The Bertz CT molecular complexity index is 273. The molecule has 0 atom stereocenters. The molecule has 80 valence electrons. The standard InChI is InChI=1S/C7H6O3.Mg.3H2O.2H/c8-6-4-2-1-3-5(6)7(9)10;;;;;;/h1-4,8H,(H,9,10);;3*1H2;;/q;+2;;;;2*-1. The summed E-state index contributed by atoms with van der Waals surface area (Å²) in [6.45, 7) is 0. The van der Waals surface area contributed by atoms with E-state index in [-0.39, 0.29) is 53.6 Å². The first-order chi connectivity index (χ1) is 4.72. The van der Waals surface area contributed by atoms with Crippen LogP contribution in [0.25, 0.3) is 0 Å². The van der Waals surface area contributed by atoms with Gasteiger partial charge in [-0.25, -0.2) is 4.79 Å². The Morgan fingerprint density at radius 2 is 1.57 bits per heavy atom. The minimum absolute atomic E-state index is 0. The predicted molar refractivity (Wildman–Crippen MR) is 53.9 cm³/mol. The van der Waals surface area contributed by atoms with Crippen LogP contribution in [0.1, 0.15) is 13.2 Å². The summed E-state index contributed by atoms with van der Waals surface area (Å²) in [5, 5.41) is 17.3. The van der Waals surface area contributed by atoms with Crippen LogP contribution in [0.15, 0.2) is 24.3 Å². The molecule has 0 radical (unpaired) electrons. The second kappa shape index (κ2) is 10.2. The van der Waals surface area contributed by atoms with Gasteiger partial charge in [-0.3, -0.25) is 0 Å². The van der Waals surface area contributed by atoms with Crippen molar-refractivity contribution in [2.45, 2.75) is 0 Å². The average molecular weight is 218 g/mol. The van der Waals surface area contributed by atoms with E-state index in [1.807, 2.05) is 0 Å². The van der Waals surface area contributed by atoms with Crippen LogP contribution in [0.2, 0.25) is 0 Å². The number of aromatic carboxylic acids is 1. The van der Waals surface area contributed by atoms with E-state index in [1.165, 1.54) is 12.1 Å². The largest absolute Gasteiger partial charge is 2.00 e. The number of carboxylic acids is 1. The monoisotopic (exact) mass is 218 g/mol. The molecule has 8 N–H and O–H groups in total. The van der Waals surface area contributed by atoms with Crippen molar-refractivity contribution in [1.29, 1.82) is 0 Å². The number of carbonyl (C=O) groups is 1. The molecule has 0 saturated carbocycles. The molecule has 0 aliphatic carbocycles. The topological polar surface area (TPSA) is 152 Å². The molecule has 14 heavy (non-hydrogen) atoms. The molecule has 0 aromatic heterocycles. The van der Waals surface area contributed by atoms with Gasteiger partial charge in [0.1, 0.15) is 11.3 Å². The Balaban J connectivity index is -0.0000000417. The molecule has 0 aliphatic heterocycles. The summed E-state index contributed by atoms with van der Waals surface area (Å²) in [4.78, 5) is 10.3. The van der Waals surface area contributed by atoms with Crippen molar-refractivity contribution in [3.8, 4) is 5.75 Å². The van der Waals surface area contributed by atoms with Crippen LogP contribution in [-0.2, 0) is 0 Å². The van der Waals surface area contributed by atoms with Gasteiger partial charge in [0, 0.05) is 0 Å². The molecule has 7 heteroatoms. The molecule has 0 bridgehead atoms. The first kappa shape index (κ1) is 23.2. The number of carboxylic acid groups (broad SMARTS) is 1. The zero-order valence-electron chi connectivity index (χ0n) is 9.32. The van der Waals surface area contributed by atoms with Crippen LogP contribution in [0.4, 0.5) is 0 Å². The van der Waals surface area contributed by atoms with Crippen molar-refractivity contribution in [3.63, 3.8) is 0 Å². The summed E-state index contributed by atoms with van der Waals surface area (Å²) in [5.41, 5.74) is -0.0671. The third kappa shape index (κ3) is 5.73. The molecule has 1 aromatic rings. The van der Waals surface area contributed by atoms with Gasteiger partial charge in [0.25, 0.3) is 0 Å². The number of hydrogen-bond acceptors (Lipinski definition) is 2. The molecule has 0 amide bonds. The molecular formula is C7H14MgO6. The maximum absolute atomic E-state index is 10.3. The Hall–Kier alpha value is -0.864. The molecule has 0 aliphatic rings. The second-order valence-electron chi connectivity index (χ2n) is 1.82. The molecule has 1 rings (SSSR count). The smallest absolute Gasteiger partial charge is 1.00 e. The molecule has 0 saturated heterocycles. The van der Waals surface area contributed by atoms with Gasteiger partial charge in [-0.15, -0.1) is 0 Å².